The summed E-state index contributed by atoms with van der Waals surface area (Å²) in [6.45, 7) is 1.53. The summed E-state index contributed by atoms with van der Waals surface area (Å²) in [5.41, 5.74) is 6.83. The Morgan fingerprint density at radius 1 is 1.38 bits per heavy atom. The number of benzene rings is 2. The molecule has 1 amide bonds. The van der Waals surface area contributed by atoms with Crippen molar-refractivity contribution in [1.29, 1.82) is 5.26 Å². The molecule has 0 unspecified atom stereocenters. The van der Waals surface area contributed by atoms with Crippen LogP contribution in [0.4, 0.5) is 15.8 Å². The fourth-order valence-electron chi connectivity index (χ4n) is 1.72. The zero-order valence-corrected chi connectivity index (χ0v) is 11.8. The van der Waals surface area contributed by atoms with Gasteiger partial charge in [0.05, 0.1) is 22.3 Å². The van der Waals surface area contributed by atoms with Gasteiger partial charge < -0.3 is 11.1 Å². The van der Waals surface area contributed by atoms with E-state index in [1.165, 1.54) is 31.2 Å². The number of nitrogens with one attached hydrogen (secondary N) is 1. The Morgan fingerprint density at radius 3 is 2.71 bits per heavy atom. The molecule has 0 aromatic heterocycles. The number of nitrogens with zero attached hydrogens (tertiary/aromatic N) is 1. The van der Waals surface area contributed by atoms with Gasteiger partial charge in [0.25, 0.3) is 5.91 Å². The molecule has 0 saturated carbocycles. The second-order valence-corrected chi connectivity index (χ2v) is 4.84. The molecule has 21 heavy (non-hydrogen) atoms. The van der Waals surface area contributed by atoms with E-state index >= 15 is 0 Å². The predicted molar refractivity (Wildman–Crippen MR) is 79.7 cm³/mol. The summed E-state index contributed by atoms with van der Waals surface area (Å²) in [6.07, 6.45) is 0. The SMILES string of the molecule is Cc1c(N)cc(C(=O)Nc2cc(C#N)ccc2Cl)cc1F. The van der Waals surface area contributed by atoms with E-state index in [2.05, 4.69) is 5.32 Å². The first kappa shape index (κ1) is 14.8. The topological polar surface area (TPSA) is 78.9 Å². The van der Waals surface area contributed by atoms with Crippen LogP contribution in [-0.4, -0.2) is 5.91 Å². The summed E-state index contributed by atoms with van der Waals surface area (Å²) < 4.78 is 13.6. The first-order valence-corrected chi connectivity index (χ1v) is 6.37. The molecule has 0 radical (unpaired) electrons. The quantitative estimate of drug-likeness (QED) is 0.833. The van der Waals surface area contributed by atoms with Crippen LogP contribution in [0.1, 0.15) is 21.5 Å². The third-order valence-corrected chi connectivity index (χ3v) is 3.32. The number of nitrogen functional groups attached to an aromatic ring is 1. The van der Waals surface area contributed by atoms with Gasteiger partial charge >= 0.3 is 0 Å². The lowest BCUT2D eigenvalue weighted by molar-refractivity contribution is 0.102. The normalized spacial score (nSPS) is 10.0. The fourth-order valence-corrected chi connectivity index (χ4v) is 1.88. The molecule has 0 aliphatic carbocycles. The van der Waals surface area contributed by atoms with Gasteiger partial charge in [0.1, 0.15) is 5.82 Å². The highest BCUT2D eigenvalue weighted by Gasteiger charge is 2.13. The Bertz CT molecular complexity index is 745. The number of halogens is 2. The number of anilines is 2. The molecule has 0 aliphatic rings. The van der Waals surface area contributed by atoms with Gasteiger partial charge in [0.2, 0.25) is 0 Å². The van der Waals surface area contributed by atoms with Crippen molar-refractivity contribution in [3.05, 3.63) is 57.9 Å². The Morgan fingerprint density at radius 2 is 2.10 bits per heavy atom. The molecular weight excluding hydrogens is 293 g/mol. The number of nitriles is 1. The van der Waals surface area contributed by atoms with Crippen LogP contribution in [0.15, 0.2) is 30.3 Å². The molecule has 106 valence electrons. The summed E-state index contributed by atoms with van der Waals surface area (Å²) in [5.74, 6) is -1.12. The van der Waals surface area contributed by atoms with E-state index in [4.69, 9.17) is 22.6 Å². The molecule has 2 aromatic rings. The molecule has 0 aliphatic heterocycles. The maximum atomic E-state index is 13.6. The van der Waals surface area contributed by atoms with Crippen LogP contribution >= 0.6 is 11.6 Å². The molecule has 0 atom stereocenters. The number of hydrogen-bond acceptors (Lipinski definition) is 3. The fraction of sp³-hybridized carbons (Fsp3) is 0.0667. The second-order valence-electron chi connectivity index (χ2n) is 4.43. The monoisotopic (exact) mass is 303 g/mol. The first-order valence-electron chi connectivity index (χ1n) is 5.99. The third-order valence-electron chi connectivity index (χ3n) is 2.99. The van der Waals surface area contributed by atoms with Crippen LogP contribution in [0.25, 0.3) is 0 Å². The Kier molecular flexibility index (Phi) is 4.10. The largest absolute Gasteiger partial charge is 0.398 e. The molecule has 0 spiro atoms. The summed E-state index contributed by atoms with van der Waals surface area (Å²) in [4.78, 5) is 12.1. The van der Waals surface area contributed by atoms with Gasteiger partial charge in [-0.2, -0.15) is 5.26 Å². The Labute approximate surface area is 125 Å². The number of nitrogens with two attached hydrogens (primary N) is 1. The minimum absolute atomic E-state index is 0.0778. The average Bonchev–Trinajstić information content (AvgIpc) is 2.46. The van der Waals surface area contributed by atoms with Crippen LogP contribution in [0, 0.1) is 24.1 Å². The van der Waals surface area contributed by atoms with Crippen molar-refractivity contribution in [3.8, 4) is 6.07 Å². The predicted octanol–water partition coefficient (Wildman–Crippen LogP) is 3.49. The third kappa shape index (κ3) is 3.12. The molecule has 0 heterocycles. The van der Waals surface area contributed by atoms with Crippen LogP contribution < -0.4 is 11.1 Å². The average molecular weight is 304 g/mol. The van der Waals surface area contributed by atoms with E-state index in [0.717, 1.165) is 6.07 Å². The van der Waals surface area contributed by atoms with Gasteiger partial charge in [-0.3, -0.25) is 4.79 Å². The maximum absolute atomic E-state index is 13.6. The molecular formula is C15H11ClFN3O. The molecule has 0 bridgehead atoms. The number of rotatable bonds is 2. The van der Waals surface area contributed by atoms with Crippen molar-refractivity contribution in [2.24, 2.45) is 0 Å². The highest BCUT2D eigenvalue weighted by atomic mass is 35.5. The van der Waals surface area contributed by atoms with Crippen molar-refractivity contribution >= 4 is 28.9 Å². The highest BCUT2D eigenvalue weighted by molar-refractivity contribution is 6.34. The number of carbonyl (C=O) groups is 1. The van der Waals surface area contributed by atoms with Crippen LogP contribution in [-0.2, 0) is 0 Å². The second kappa shape index (κ2) is 5.81. The molecule has 6 heteroatoms. The van der Waals surface area contributed by atoms with E-state index in [1.807, 2.05) is 6.07 Å². The lowest BCUT2D eigenvalue weighted by atomic mass is 10.1. The van der Waals surface area contributed by atoms with Crippen molar-refractivity contribution in [3.63, 3.8) is 0 Å². The Balaban J connectivity index is 2.33. The van der Waals surface area contributed by atoms with Crippen LogP contribution in [0.2, 0.25) is 5.02 Å². The first-order chi connectivity index (χ1) is 9.92. The molecule has 4 nitrogen and oxygen atoms in total. The Hall–Kier alpha value is -2.58. The van der Waals surface area contributed by atoms with Crippen LogP contribution in [0.3, 0.4) is 0 Å². The minimum Gasteiger partial charge on any atom is -0.398 e. The molecule has 3 N–H and O–H groups in total. The van der Waals surface area contributed by atoms with Gasteiger partial charge in [-0.15, -0.1) is 0 Å². The van der Waals surface area contributed by atoms with Gasteiger partial charge in [-0.05, 0) is 37.3 Å². The molecule has 2 aromatic carbocycles. The van der Waals surface area contributed by atoms with Gasteiger partial charge in [-0.25, -0.2) is 4.39 Å². The van der Waals surface area contributed by atoms with Crippen molar-refractivity contribution in [2.75, 3.05) is 11.1 Å². The van der Waals surface area contributed by atoms with E-state index in [1.54, 1.807) is 0 Å². The molecule has 0 saturated heterocycles. The lowest BCUT2D eigenvalue weighted by Gasteiger charge is -2.09. The van der Waals surface area contributed by atoms with E-state index < -0.39 is 11.7 Å². The summed E-state index contributed by atoms with van der Waals surface area (Å²) in [5, 5.41) is 11.6. The minimum atomic E-state index is -0.558. The zero-order chi connectivity index (χ0) is 15.6. The number of hydrogen-bond donors (Lipinski definition) is 2. The summed E-state index contributed by atoms with van der Waals surface area (Å²) in [7, 11) is 0. The summed E-state index contributed by atoms with van der Waals surface area (Å²) >= 11 is 5.95. The van der Waals surface area contributed by atoms with Crippen LogP contribution in [0.5, 0.6) is 0 Å². The van der Waals surface area contributed by atoms with Gasteiger partial charge in [-0.1, -0.05) is 11.6 Å². The van der Waals surface area contributed by atoms with Gasteiger partial charge in [0, 0.05) is 16.8 Å². The number of amides is 1. The van der Waals surface area contributed by atoms with Crippen molar-refractivity contribution in [2.45, 2.75) is 6.92 Å². The number of carbonyl (C=O) groups excluding carboxylic acids is 1. The molecule has 0 fully saturated rings. The zero-order valence-electron chi connectivity index (χ0n) is 11.1. The van der Waals surface area contributed by atoms with E-state index in [0.29, 0.717) is 5.56 Å². The lowest BCUT2D eigenvalue weighted by Crippen LogP contribution is -2.13. The van der Waals surface area contributed by atoms with E-state index in [9.17, 15) is 9.18 Å². The standard InChI is InChI=1S/C15H11ClFN3O/c1-8-12(17)5-10(6-13(8)19)15(21)20-14-4-9(7-18)2-3-11(14)16/h2-6H,19H2,1H3,(H,20,21). The van der Waals surface area contributed by atoms with Crippen molar-refractivity contribution < 1.29 is 9.18 Å². The van der Waals surface area contributed by atoms with E-state index in [-0.39, 0.29) is 27.5 Å². The summed E-state index contributed by atoms with van der Waals surface area (Å²) in [6, 6.07) is 8.90. The smallest absolute Gasteiger partial charge is 0.255 e. The molecule has 2 rings (SSSR count). The highest BCUT2D eigenvalue weighted by Crippen LogP contribution is 2.24. The maximum Gasteiger partial charge on any atom is 0.255 e. The van der Waals surface area contributed by atoms with Gasteiger partial charge in [0.15, 0.2) is 0 Å². The van der Waals surface area contributed by atoms with Crippen molar-refractivity contribution in [1.82, 2.24) is 0 Å².